The second-order valence-electron chi connectivity index (χ2n) is 10.6. The van der Waals surface area contributed by atoms with Gasteiger partial charge in [0.2, 0.25) is 11.8 Å². The molecule has 2 aliphatic heterocycles. The van der Waals surface area contributed by atoms with Gasteiger partial charge in [0, 0.05) is 57.6 Å². The molecule has 2 saturated heterocycles. The Morgan fingerprint density at radius 1 is 0.935 bits per heavy atom. The molecule has 0 spiro atoms. The molecule has 7 heteroatoms. The molecule has 0 aromatic rings. The summed E-state index contributed by atoms with van der Waals surface area (Å²) in [6.45, 7) is 3.71. The fraction of sp³-hybridized carbons (Fsp3) is 0.917. The topological polar surface area (TPSA) is 76.7 Å². The third-order valence-corrected chi connectivity index (χ3v) is 8.30. The average Bonchev–Trinajstić information content (AvgIpc) is 3.20. The average molecular weight is 434 g/mol. The van der Waals surface area contributed by atoms with Gasteiger partial charge < -0.3 is 20.4 Å². The van der Waals surface area contributed by atoms with Gasteiger partial charge in [0.1, 0.15) is 0 Å². The van der Waals surface area contributed by atoms with Crippen LogP contribution in [0.1, 0.15) is 71.1 Å². The standard InChI is InChI=1S/C24H43N5O2/c1-16(30)29-14-12-17-5-4-6-21(23(17)29)26-20-11-13-25-22(15-20)27-19-9-7-18(8-10-19)24(31)28(2)3/h17-23,25-27H,4-15H2,1-3H3. The summed E-state index contributed by atoms with van der Waals surface area (Å²) in [4.78, 5) is 28.3. The van der Waals surface area contributed by atoms with E-state index in [0.717, 1.165) is 51.6 Å². The van der Waals surface area contributed by atoms with Crippen LogP contribution in [0.25, 0.3) is 0 Å². The molecule has 2 saturated carbocycles. The van der Waals surface area contributed by atoms with Crippen LogP contribution in [0, 0.1) is 11.8 Å². The number of likely N-dealkylation sites (tertiary alicyclic amines) is 1. The van der Waals surface area contributed by atoms with Gasteiger partial charge in [-0.3, -0.25) is 14.9 Å². The van der Waals surface area contributed by atoms with Gasteiger partial charge in [0.05, 0.1) is 6.17 Å². The minimum atomic E-state index is 0.205. The molecule has 0 aromatic heterocycles. The molecular formula is C24H43N5O2. The zero-order chi connectivity index (χ0) is 22.0. The second kappa shape index (κ2) is 10.2. The Kier molecular flexibility index (Phi) is 7.55. The summed E-state index contributed by atoms with van der Waals surface area (Å²) >= 11 is 0. The Morgan fingerprint density at radius 3 is 2.42 bits per heavy atom. The molecule has 3 N–H and O–H groups in total. The van der Waals surface area contributed by atoms with Crippen LogP contribution in [0.3, 0.4) is 0 Å². The Hall–Kier alpha value is -1.18. The minimum Gasteiger partial charge on any atom is -0.349 e. The van der Waals surface area contributed by atoms with Crippen LogP contribution >= 0.6 is 0 Å². The first-order valence-electron chi connectivity index (χ1n) is 12.7. The zero-order valence-electron chi connectivity index (χ0n) is 19.7. The van der Waals surface area contributed by atoms with Gasteiger partial charge in [-0.05, 0) is 70.3 Å². The van der Waals surface area contributed by atoms with Gasteiger partial charge in [0.25, 0.3) is 0 Å². The van der Waals surface area contributed by atoms with Crippen LogP contribution < -0.4 is 16.0 Å². The molecule has 2 amide bonds. The van der Waals surface area contributed by atoms with E-state index in [4.69, 9.17) is 0 Å². The molecule has 0 bridgehead atoms. The van der Waals surface area contributed by atoms with Gasteiger partial charge in [0.15, 0.2) is 0 Å². The van der Waals surface area contributed by atoms with Crippen molar-refractivity contribution < 1.29 is 9.59 Å². The van der Waals surface area contributed by atoms with E-state index in [9.17, 15) is 9.59 Å². The highest BCUT2D eigenvalue weighted by Gasteiger charge is 2.43. The Balaban J connectivity index is 1.26. The number of rotatable bonds is 5. The van der Waals surface area contributed by atoms with Crippen molar-refractivity contribution in [3.8, 4) is 0 Å². The summed E-state index contributed by atoms with van der Waals surface area (Å²) in [7, 11) is 3.73. The Bertz CT molecular complexity index is 633. The van der Waals surface area contributed by atoms with E-state index in [2.05, 4.69) is 20.9 Å². The zero-order valence-corrected chi connectivity index (χ0v) is 19.7. The van der Waals surface area contributed by atoms with E-state index in [-0.39, 0.29) is 17.7 Å². The Morgan fingerprint density at radius 2 is 1.71 bits per heavy atom. The smallest absolute Gasteiger partial charge is 0.225 e. The minimum absolute atomic E-state index is 0.205. The highest BCUT2D eigenvalue weighted by Crippen LogP contribution is 2.37. The third kappa shape index (κ3) is 5.42. The monoisotopic (exact) mass is 433 g/mol. The molecule has 2 aliphatic carbocycles. The fourth-order valence-corrected chi connectivity index (χ4v) is 6.72. The maximum Gasteiger partial charge on any atom is 0.225 e. The third-order valence-electron chi connectivity index (χ3n) is 8.30. The molecule has 5 atom stereocenters. The Labute approximate surface area is 188 Å². The summed E-state index contributed by atoms with van der Waals surface area (Å²) in [5.41, 5.74) is 0. The van der Waals surface area contributed by atoms with Crippen molar-refractivity contribution in [3.63, 3.8) is 0 Å². The molecule has 4 fully saturated rings. The van der Waals surface area contributed by atoms with Crippen LogP contribution in [-0.4, -0.2) is 79.1 Å². The van der Waals surface area contributed by atoms with E-state index in [0.29, 0.717) is 36.3 Å². The van der Waals surface area contributed by atoms with Crippen LogP contribution in [-0.2, 0) is 9.59 Å². The van der Waals surface area contributed by atoms with Gasteiger partial charge in [-0.2, -0.15) is 0 Å². The van der Waals surface area contributed by atoms with Gasteiger partial charge in [-0.1, -0.05) is 6.42 Å². The van der Waals surface area contributed by atoms with Crippen molar-refractivity contribution in [2.24, 2.45) is 11.8 Å². The lowest BCUT2D eigenvalue weighted by molar-refractivity contribution is -0.134. The quantitative estimate of drug-likeness (QED) is 0.615. The van der Waals surface area contributed by atoms with Crippen molar-refractivity contribution >= 4 is 11.8 Å². The van der Waals surface area contributed by atoms with Crippen LogP contribution in [0.2, 0.25) is 0 Å². The molecule has 0 aromatic carbocycles. The molecule has 5 unspecified atom stereocenters. The summed E-state index contributed by atoms with van der Waals surface area (Å²) in [5, 5.41) is 11.5. The first kappa shape index (κ1) is 23.0. The predicted octanol–water partition coefficient (Wildman–Crippen LogP) is 1.68. The van der Waals surface area contributed by atoms with E-state index in [1.54, 1.807) is 11.8 Å². The summed E-state index contributed by atoms with van der Waals surface area (Å²) < 4.78 is 0. The van der Waals surface area contributed by atoms with Crippen LogP contribution in [0.15, 0.2) is 0 Å². The van der Waals surface area contributed by atoms with E-state index in [1.807, 2.05) is 14.1 Å². The number of amides is 2. The molecule has 7 nitrogen and oxygen atoms in total. The van der Waals surface area contributed by atoms with Crippen molar-refractivity contribution in [1.29, 1.82) is 0 Å². The van der Waals surface area contributed by atoms with Crippen LogP contribution in [0.5, 0.6) is 0 Å². The molecular weight excluding hydrogens is 390 g/mol. The van der Waals surface area contributed by atoms with E-state index < -0.39 is 0 Å². The van der Waals surface area contributed by atoms with Crippen LogP contribution in [0.4, 0.5) is 0 Å². The lowest BCUT2D eigenvalue weighted by atomic mass is 9.80. The number of carbonyl (C=O) groups is 2. The lowest BCUT2D eigenvalue weighted by Gasteiger charge is -2.43. The van der Waals surface area contributed by atoms with E-state index in [1.165, 1.54) is 25.7 Å². The summed E-state index contributed by atoms with van der Waals surface area (Å²) in [5.74, 6) is 1.42. The van der Waals surface area contributed by atoms with Gasteiger partial charge in [-0.15, -0.1) is 0 Å². The molecule has 31 heavy (non-hydrogen) atoms. The number of hydrogen-bond donors (Lipinski definition) is 3. The summed E-state index contributed by atoms with van der Waals surface area (Å²) in [6, 6.07) is 1.85. The number of fused-ring (bicyclic) bond motifs is 1. The highest BCUT2D eigenvalue weighted by molar-refractivity contribution is 5.78. The first-order chi connectivity index (χ1) is 14.9. The molecule has 0 radical (unpaired) electrons. The van der Waals surface area contributed by atoms with E-state index >= 15 is 0 Å². The lowest BCUT2D eigenvalue weighted by Crippen LogP contribution is -2.60. The van der Waals surface area contributed by atoms with Crippen molar-refractivity contribution in [1.82, 2.24) is 25.8 Å². The molecule has 4 aliphatic rings. The van der Waals surface area contributed by atoms with Gasteiger partial charge >= 0.3 is 0 Å². The number of hydrogen-bond acceptors (Lipinski definition) is 5. The molecule has 4 rings (SSSR count). The summed E-state index contributed by atoms with van der Waals surface area (Å²) in [6.07, 6.45) is 11.7. The highest BCUT2D eigenvalue weighted by atomic mass is 16.2. The number of nitrogens with one attached hydrogen (secondary N) is 3. The number of nitrogens with zero attached hydrogens (tertiary/aromatic N) is 2. The van der Waals surface area contributed by atoms with Crippen molar-refractivity contribution in [2.75, 3.05) is 27.2 Å². The normalized spacial score (nSPS) is 38.5. The number of piperidine rings is 1. The van der Waals surface area contributed by atoms with Gasteiger partial charge in [-0.25, -0.2) is 0 Å². The number of carbonyl (C=O) groups excluding carboxylic acids is 2. The molecule has 176 valence electrons. The van der Waals surface area contributed by atoms with Crippen molar-refractivity contribution in [2.45, 2.75) is 101 Å². The predicted molar refractivity (Wildman–Crippen MR) is 122 cm³/mol. The first-order valence-corrected chi connectivity index (χ1v) is 12.7. The van der Waals surface area contributed by atoms with Crippen molar-refractivity contribution in [3.05, 3.63) is 0 Å². The maximum atomic E-state index is 12.2. The largest absolute Gasteiger partial charge is 0.349 e. The second-order valence-corrected chi connectivity index (χ2v) is 10.6. The molecule has 2 heterocycles. The fourth-order valence-electron chi connectivity index (χ4n) is 6.72. The maximum absolute atomic E-state index is 12.2. The SMILES string of the molecule is CC(=O)N1CCC2CCCC(NC3CCNC(NC4CCC(C(=O)N(C)C)CC4)C3)C21.